The zero-order valence-electron chi connectivity index (χ0n) is 17.0. The fraction of sp³-hybridized carbons (Fsp3) is 0.476. The van der Waals surface area contributed by atoms with Crippen molar-refractivity contribution in [3.63, 3.8) is 0 Å². The molecule has 1 amide bonds. The Kier molecular flexibility index (Phi) is 7.04. The number of rotatable bonds is 5. The summed E-state index contributed by atoms with van der Waals surface area (Å²) in [6.07, 6.45) is 3.75. The van der Waals surface area contributed by atoms with Gasteiger partial charge in [-0.15, -0.1) is 11.3 Å². The first-order chi connectivity index (χ1) is 13.7. The van der Waals surface area contributed by atoms with Gasteiger partial charge in [0.05, 0.1) is 11.1 Å². The molecule has 2 heterocycles. The van der Waals surface area contributed by atoms with E-state index in [9.17, 15) is 13.2 Å². The van der Waals surface area contributed by atoms with E-state index >= 15 is 0 Å². The number of benzene rings is 1. The average Bonchev–Trinajstić information content (AvgIpc) is 2.95. The lowest BCUT2D eigenvalue weighted by Gasteiger charge is -2.25. The molecule has 3 rings (SSSR count). The van der Waals surface area contributed by atoms with Crippen LogP contribution in [0, 0.1) is 6.92 Å². The molecule has 0 aliphatic carbocycles. The number of nitrogens with zero attached hydrogens (tertiary/aromatic N) is 2. The molecular weight excluding hydrogens is 428 g/mol. The number of carbonyl (C=O) groups is 1. The van der Waals surface area contributed by atoms with Crippen molar-refractivity contribution >= 4 is 38.9 Å². The molecule has 0 radical (unpaired) electrons. The van der Waals surface area contributed by atoms with Crippen molar-refractivity contribution in [3.05, 3.63) is 50.7 Å². The highest BCUT2D eigenvalue weighted by Crippen LogP contribution is 2.30. The molecule has 0 N–H and O–H groups in total. The smallest absolute Gasteiger partial charge is 0.254 e. The molecule has 0 bridgehead atoms. The molecule has 0 spiro atoms. The summed E-state index contributed by atoms with van der Waals surface area (Å²) >= 11 is 7.91. The standard InChI is InChI=1S/C21H27ClN2O3S2/c1-15-8-11-19(28-15)16(2)23(3)21(25)17-9-10-18(22)20(14-17)29(26,27)24-12-6-4-5-7-13-24/h8-11,14,16H,4-7,12-13H2,1-3H3/t16-/m0/s1. The van der Waals surface area contributed by atoms with Crippen LogP contribution in [0.4, 0.5) is 0 Å². The third-order valence-electron chi connectivity index (χ3n) is 5.44. The van der Waals surface area contributed by atoms with E-state index < -0.39 is 10.0 Å². The summed E-state index contributed by atoms with van der Waals surface area (Å²) in [6, 6.07) is 8.47. The van der Waals surface area contributed by atoms with Crippen LogP contribution in [0.1, 0.15) is 58.8 Å². The molecule has 1 aliphatic rings. The maximum Gasteiger partial charge on any atom is 0.254 e. The normalized spacial score (nSPS) is 17.0. The molecule has 5 nitrogen and oxygen atoms in total. The lowest BCUT2D eigenvalue weighted by Crippen LogP contribution is -2.33. The molecule has 0 unspecified atom stereocenters. The van der Waals surface area contributed by atoms with Gasteiger partial charge in [-0.05, 0) is 57.0 Å². The lowest BCUT2D eigenvalue weighted by atomic mass is 10.1. The van der Waals surface area contributed by atoms with Gasteiger partial charge in [-0.25, -0.2) is 8.42 Å². The molecular formula is C21H27ClN2O3S2. The second-order valence-corrected chi connectivity index (χ2v) is 11.1. The quantitative estimate of drug-likeness (QED) is 0.630. The summed E-state index contributed by atoms with van der Waals surface area (Å²) in [5.41, 5.74) is 0.324. The highest BCUT2D eigenvalue weighted by atomic mass is 35.5. The topological polar surface area (TPSA) is 57.7 Å². The van der Waals surface area contributed by atoms with Crippen molar-refractivity contribution in [1.29, 1.82) is 0 Å². The largest absolute Gasteiger partial charge is 0.334 e. The predicted octanol–water partition coefficient (Wildman–Crippen LogP) is 5.11. The second kappa shape index (κ2) is 9.16. The van der Waals surface area contributed by atoms with E-state index in [1.165, 1.54) is 21.3 Å². The van der Waals surface area contributed by atoms with Crippen molar-refractivity contribution in [2.24, 2.45) is 0 Å². The molecule has 8 heteroatoms. The van der Waals surface area contributed by atoms with Gasteiger partial charge in [-0.2, -0.15) is 4.31 Å². The van der Waals surface area contributed by atoms with E-state index in [0.717, 1.165) is 30.6 Å². The highest BCUT2D eigenvalue weighted by molar-refractivity contribution is 7.89. The lowest BCUT2D eigenvalue weighted by molar-refractivity contribution is 0.0744. The summed E-state index contributed by atoms with van der Waals surface area (Å²) in [7, 11) is -2.00. The Morgan fingerprint density at radius 1 is 1.14 bits per heavy atom. The minimum Gasteiger partial charge on any atom is -0.334 e. The van der Waals surface area contributed by atoms with Crippen LogP contribution in [0.3, 0.4) is 0 Å². The Morgan fingerprint density at radius 3 is 2.38 bits per heavy atom. The number of aryl methyl sites for hydroxylation is 1. The molecule has 1 atom stereocenters. The van der Waals surface area contributed by atoms with Crippen LogP contribution in [0.25, 0.3) is 0 Å². The monoisotopic (exact) mass is 454 g/mol. The van der Waals surface area contributed by atoms with Gasteiger partial charge in [0.1, 0.15) is 4.90 Å². The van der Waals surface area contributed by atoms with Crippen LogP contribution >= 0.6 is 22.9 Å². The fourth-order valence-corrected chi connectivity index (χ4v) is 6.49. The summed E-state index contributed by atoms with van der Waals surface area (Å²) < 4.78 is 27.9. The Bertz CT molecular complexity index is 980. The van der Waals surface area contributed by atoms with Crippen LogP contribution in [-0.2, 0) is 10.0 Å². The third-order valence-corrected chi connectivity index (χ3v) is 8.99. The summed E-state index contributed by atoms with van der Waals surface area (Å²) in [5, 5.41) is 0.149. The molecule has 0 saturated carbocycles. The number of hydrogen-bond donors (Lipinski definition) is 0. The van der Waals surface area contributed by atoms with Gasteiger partial charge < -0.3 is 4.90 Å². The van der Waals surface area contributed by atoms with Crippen molar-refractivity contribution in [2.45, 2.75) is 50.5 Å². The third kappa shape index (κ3) is 4.85. The summed E-state index contributed by atoms with van der Waals surface area (Å²) in [4.78, 5) is 17.0. The highest BCUT2D eigenvalue weighted by Gasteiger charge is 2.29. The van der Waals surface area contributed by atoms with E-state index in [-0.39, 0.29) is 21.9 Å². The second-order valence-electron chi connectivity index (χ2n) is 7.50. The van der Waals surface area contributed by atoms with Crippen molar-refractivity contribution in [2.75, 3.05) is 20.1 Å². The van der Waals surface area contributed by atoms with E-state index in [1.54, 1.807) is 29.4 Å². The van der Waals surface area contributed by atoms with E-state index in [4.69, 9.17) is 11.6 Å². The first-order valence-electron chi connectivity index (χ1n) is 9.85. The number of carbonyl (C=O) groups excluding carboxylic acids is 1. The SMILES string of the molecule is Cc1ccc([C@H](C)N(C)C(=O)c2ccc(Cl)c(S(=O)(=O)N3CCCCCC3)c2)s1. The minimum absolute atomic E-state index is 0.0138. The van der Waals surface area contributed by atoms with Crippen LogP contribution in [-0.4, -0.2) is 43.7 Å². The van der Waals surface area contributed by atoms with Crippen molar-refractivity contribution < 1.29 is 13.2 Å². The van der Waals surface area contributed by atoms with Crippen molar-refractivity contribution in [3.8, 4) is 0 Å². The Hall–Kier alpha value is -1.41. The maximum absolute atomic E-state index is 13.2. The van der Waals surface area contributed by atoms with Crippen LogP contribution in [0.15, 0.2) is 35.2 Å². The molecule has 29 heavy (non-hydrogen) atoms. The maximum atomic E-state index is 13.2. The summed E-state index contributed by atoms with van der Waals surface area (Å²) in [6.45, 7) is 4.98. The molecule has 2 aromatic rings. The van der Waals surface area contributed by atoms with Gasteiger partial charge in [0.25, 0.3) is 5.91 Å². The van der Waals surface area contributed by atoms with E-state index in [0.29, 0.717) is 18.7 Å². The number of halogens is 1. The number of sulfonamides is 1. The molecule has 1 saturated heterocycles. The van der Waals surface area contributed by atoms with Crippen LogP contribution < -0.4 is 0 Å². The van der Waals surface area contributed by atoms with Gasteiger partial charge in [-0.3, -0.25) is 4.79 Å². The first-order valence-corrected chi connectivity index (χ1v) is 12.5. The molecule has 1 aromatic heterocycles. The Labute approximate surface area is 182 Å². The number of thiophene rings is 1. The zero-order chi connectivity index (χ0) is 21.2. The van der Waals surface area contributed by atoms with Gasteiger partial charge >= 0.3 is 0 Å². The van der Waals surface area contributed by atoms with Crippen molar-refractivity contribution in [1.82, 2.24) is 9.21 Å². The van der Waals surface area contributed by atoms with E-state index in [2.05, 4.69) is 0 Å². The summed E-state index contributed by atoms with van der Waals surface area (Å²) in [5.74, 6) is -0.229. The molecule has 1 aliphatic heterocycles. The Morgan fingerprint density at radius 2 is 1.79 bits per heavy atom. The molecule has 1 fully saturated rings. The fourth-order valence-electron chi connectivity index (χ4n) is 3.50. The zero-order valence-corrected chi connectivity index (χ0v) is 19.4. The van der Waals surface area contributed by atoms with Gasteiger partial charge in [0, 0.05) is 35.5 Å². The average molecular weight is 455 g/mol. The Balaban J connectivity index is 1.88. The number of hydrogen-bond acceptors (Lipinski definition) is 4. The molecule has 158 valence electrons. The van der Waals surface area contributed by atoms with Gasteiger partial charge in [-0.1, -0.05) is 24.4 Å². The van der Waals surface area contributed by atoms with Crippen LogP contribution in [0.5, 0.6) is 0 Å². The molecule has 1 aromatic carbocycles. The minimum atomic E-state index is -3.73. The van der Waals surface area contributed by atoms with Gasteiger partial charge in [0.15, 0.2) is 0 Å². The number of amides is 1. The first kappa shape index (κ1) is 22.3. The predicted molar refractivity (Wildman–Crippen MR) is 118 cm³/mol. The van der Waals surface area contributed by atoms with Crippen LogP contribution in [0.2, 0.25) is 5.02 Å². The van der Waals surface area contributed by atoms with E-state index in [1.807, 2.05) is 26.0 Å². The van der Waals surface area contributed by atoms with Gasteiger partial charge in [0.2, 0.25) is 10.0 Å².